The highest BCUT2D eigenvalue weighted by Crippen LogP contribution is 2.25. The van der Waals surface area contributed by atoms with E-state index in [4.69, 9.17) is 4.74 Å². The first kappa shape index (κ1) is 12.8. The van der Waals surface area contributed by atoms with E-state index in [2.05, 4.69) is 15.4 Å². The fourth-order valence-electron chi connectivity index (χ4n) is 1.93. The van der Waals surface area contributed by atoms with Crippen molar-refractivity contribution in [1.29, 1.82) is 0 Å². The van der Waals surface area contributed by atoms with E-state index in [9.17, 15) is 4.79 Å². The number of aryl methyl sites for hydroxylation is 1. The Kier molecular flexibility index (Phi) is 3.23. The van der Waals surface area contributed by atoms with Crippen molar-refractivity contribution in [2.24, 2.45) is 7.05 Å². The number of nitrogens with zero attached hydrogens (tertiary/aromatic N) is 5. The fourth-order valence-corrected chi connectivity index (χ4v) is 1.93. The number of hydrogen-bond acceptors (Lipinski definition) is 5. The summed E-state index contributed by atoms with van der Waals surface area (Å²) < 4.78 is 5.34. The Hall–Kier alpha value is -1.66. The molecule has 0 aromatic carbocycles. The van der Waals surface area contributed by atoms with Gasteiger partial charge in [0.1, 0.15) is 5.60 Å². The first-order chi connectivity index (χ1) is 8.35. The molecular formula is C11H19N5O2. The number of hydrogen-bond donors (Lipinski definition) is 0. The maximum Gasteiger partial charge on any atom is 0.410 e. The van der Waals surface area contributed by atoms with Crippen LogP contribution in [0.15, 0.2) is 0 Å². The van der Waals surface area contributed by atoms with Gasteiger partial charge >= 0.3 is 6.09 Å². The van der Waals surface area contributed by atoms with Crippen molar-refractivity contribution in [2.75, 3.05) is 13.1 Å². The van der Waals surface area contributed by atoms with E-state index < -0.39 is 5.60 Å². The Balaban J connectivity index is 1.94. The van der Waals surface area contributed by atoms with Crippen molar-refractivity contribution in [3.05, 3.63) is 5.82 Å². The molecule has 0 saturated carbocycles. The zero-order chi connectivity index (χ0) is 13.3. The minimum absolute atomic E-state index is 0.159. The predicted molar refractivity (Wildman–Crippen MR) is 64.0 cm³/mol. The molecule has 2 heterocycles. The topological polar surface area (TPSA) is 73.1 Å². The molecule has 100 valence electrons. The second kappa shape index (κ2) is 4.55. The van der Waals surface area contributed by atoms with Gasteiger partial charge in [0.25, 0.3) is 0 Å². The fraction of sp³-hybridized carbons (Fsp3) is 0.818. The number of carbonyl (C=O) groups excluding carboxylic acids is 1. The highest BCUT2D eigenvalue weighted by molar-refractivity contribution is 5.68. The number of tetrazole rings is 1. The highest BCUT2D eigenvalue weighted by Gasteiger charge is 2.32. The van der Waals surface area contributed by atoms with Crippen LogP contribution < -0.4 is 0 Å². The highest BCUT2D eigenvalue weighted by atomic mass is 16.6. The van der Waals surface area contributed by atoms with Crippen molar-refractivity contribution < 1.29 is 9.53 Å². The van der Waals surface area contributed by atoms with E-state index in [1.165, 1.54) is 4.80 Å². The molecule has 1 amide bonds. The molecule has 1 saturated heterocycles. The van der Waals surface area contributed by atoms with Crippen LogP contribution in [0.5, 0.6) is 0 Å². The first-order valence-corrected chi connectivity index (χ1v) is 6.07. The van der Waals surface area contributed by atoms with Crippen LogP contribution in [0.1, 0.15) is 38.9 Å². The Morgan fingerprint density at radius 1 is 1.44 bits per heavy atom. The Morgan fingerprint density at radius 3 is 2.72 bits per heavy atom. The number of likely N-dealkylation sites (tertiary alicyclic amines) is 1. The van der Waals surface area contributed by atoms with E-state index in [1.807, 2.05) is 20.8 Å². The van der Waals surface area contributed by atoms with Crippen LogP contribution in [0.25, 0.3) is 0 Å². The summed E-state index contributed by atoms with van der Waals surface area (Å²) in [6.45, 7) is 6.87. The normalized spacial score (nSPS) is 20.2. The van der Waals surface area contributed by atoms with Crippen molar-refractivity contribution in [2.45, 2.75) is 38.7 Å². The van der Waals surface area contributed by atoms with Crippen LogP contribution in [0.2, 0.25) is 0 Å². The van der Waals surface area contributed by atoms with Gasteiger partial charge in [-0.2, -0.15) is 4.80 Å². The van der Waals surface area contributed by atoms with Gasteiger partial charge < -0.3 is 9.64 Å². The Morgan fingerprint density at radius 2 is 2.17 bits per heavy atom. The van der Waals surface area contributed by atoms with Crippen LogP contribution in [0.3, 0.4) is 0 Å². The summed E-state index contributed by atoms with van der Waals surface area (Å²) in [5.41, 5.74) is -0.458. The third-order valence-electron chi connectivity index (χ3n) is 2.73. The van der Waals surface area contributed by atoms with Crippen molar-refractivity contribution in [1.82, 2.24) is 25.1 Å². The average molecular weight is 253 g/mol. The van der Waals surface area contributed by atoms with Gasteiger partial charge in [-0.3, -0.25) is 0 Å². The number of aromatic nitrogens is 4. The van der Waals surface area contributed by atoms with Gasteiger partial charge in [-0.05, 0) is 32.4 Å². The van der Waals surface area contributed by atoms with E-state index in [1.54, 1.807) is 11.9 Å². The summed E-state index contributed by atoms with van der Waals surface area (Å²) in [6.07, 6.45) is 0.583. The van der Waals surface area contributed by atoms with E-state index >= 15 is 0 Å². The number of rotatable bonds is 1. The SMILES string of the molecule is Cn1nnc([C@@H]2CCN(C(=O)OC(C)(C)C)C2)n1. The molecule has 7 nitrogen and oxygen atoms in total. The molecule has 18 heavy (non-hydrogen) atoms. The molecule has 1 aliphatic rings. The van der Waals surface area contributed by atoms with Crippen LogP contribution in [0.4, 0.5) is 4.79 Å². The Labute approximate surface area is 106 Å². The molecule has 0 spiro atoms. The maximum atomic E-state index is 11.9. The largest absolute Gasteiger partial charge is 0.444 e. The van der Waals surface area contributed by atoms with Gasteiger partial charge in [0, 0.05) is 19.0 Å². The second-order valence-corrected chi connectivity index (χ2v) is 5.55. The molecule has 0 bridgehead atoms. The molecule has 1 aromatic rings. The summed E-state index contributed by atoms with van der Waals surface area (Å²) in [6, 6.07) is 0. The van der Waals surface area contributed by atoms with E-state index in [0.717, 1.165) is 6.42 Å². The lowest BCUT2D eigenvalue weighted by Crippen LogP contribution is -2.35. The molecule has 7 heteroatoms. The summed E-state index contributed by atoms with van der Waals surface area (Å²) in [4.78, 5) is 15.0. The van der Waals surface area contributed by atoms with Gasteiger partial charge in [-0.25, -0.2) is 4.79 Å². The predicted octanol–water partition coefficient (Wildman–Crippen LogP) is 0.934. The smallest absolute Gasteiger partial charge is 0.410 e. The average Bonchev–Trinajstić information content (AvgIpc) is 2.82. The molecule has 0 radical (unpaired) electrons. The monoisotopic (exact) mass is 253 g/mol. The zero-order valence-electron chi connectivity index (χ0n) is 11.3. The van der Waals surface area contributed by atoms with Crippen molar-refractivity contribution >= 4 is 6.09 Å². The lowest BCUT2D eigenvalue weighted by atomic mass is 10.1. The minimum atomic E-state index is -0.458. The third-order valence-corrected chi connectivity index (χ3v) is 2.73. The summed E-state index contributed by atoms with van der Waals surface area (Å²) >= 11 is 0. The molecule has 0 N–H and O–H groups in total. The lowest BCUT2D eigenvalue weighted by Gasteiger charge is -2.24. The zero-order valence-corrected chi connectivity index (χ0v) is 11.3. The van der Waals surface area contributed by atoms with E-state index in [-0.39, 0.29) is 12.0 Å². The van der Waals surface area contributed by atoms with Gasteiger partial charge in [-0.1, -0.05) is 0 Å². The molecule has 0 unspecified atom stereocenters. The number of amides is 1. The molecular weight excluding hydrogens is 234 g/mol. The quantitative estimate of drug-likeness (QED) is 0.744. The third kappa shape index (κ3) is 2.96. The number of ether oxygens (including phenoxy) is 1. The molecule has 2 rings (SSSR count). The lowest BCUT2D eigenvalue weighted by molar-refractivity contribution is 0.0292. The molecule has 0 aliphatic carbocycles. The standard InChI is InChI=1S/C11H19N5O2/c1-11(2,3)18-10(17)16-6-5-8(7-16)9-12-14-15(4)13-9/h8H,5-7H2,1-4H3/t8-/m1/s1. The summed E-state index contributed by atoms with van der Waals surface area (Å²) in [5.74, 6) is 0.856. The first-order valence-electron chi connectivity index (χ1n) is 6.07. The van der Waals surface area contributed by atoms with Crippen LogP contribution in [-0.2, 0) is 11.8 Å². The van der Waals surface area contributed by atoms with E-state index in [0.29, 0.717) is 18.9 Å². The molecule has 1 aromatic heterocycles. The molecule has 1 fully saturated rings. The summed E-state index contributed by atoms with van der Waals surface area (Å²) in [5, 5.41) is 12.0. The minimum Gasteiger partial charge on any atom is -0.444 e. The molecule has 1 atom stereocenters. The van der Waals surface area contributed by atoms with Crippen molar-refractivity contribution in [3.63, 3.8) is 0 Å². The van der Waals surface area contributed by atoms with Crippen LogP contribution in [-0.4, -0.2) is 49.9 Å². The second-order valence-electron chi connectivity index (χ2n) is 5.55. The number of carbonyl (C=O) groups is 1. The van der Waals surface area contributed by atoms with Gasteiger partial charge in [0.05, 0.1) is 7.05 Å². The van der Waals surface area contributed by atoms with Gasteiger partial charge in [0.2, 0.25) is 0 Å². The Bertz CT molecular complexity index is 437. The summed E-state index contributed by atoms with van der Waals surface area (Å²) in [7, 11) is 1.73. The molecule has 1 aliphatic heterocycles. The van der Waals surface area contributed by atoms with Gasteiger partial charge in [0.15, 0.2) is 5.82 Å². The van der Waals surface area contributed by atoms with Crippen molar-refractivity contribution in [3.8, 4) is 0 Å². The maximum absolute atomic E-state index is 11.9. The van der Waals surface area contributed by atoms with Crippen LogP contribution >= 0.6 is 0 Å². The van der Waals surface area contributed by atoms with Crippen LogP contribution in [0, 0.1) is 0 Å². The van der Waals surface area contributed by atoms with Gasteiger partial charge in [-0.15, -0.1) is 10.2 Å².